The van der Waals surface area contributed by atoms with Crippen molar-refractivity contribution in [2.45, 2.75) is 58.4 Å². The molecule has 0 amide bonds. The molecular formula is C13H24OSi. The van der Waals surface area contributed by atoms with Crippen molar-refractivity contribution < 1.29 is 5.11 Å². The lowest BCUT2D eigenvalue weighted by Gasteiger charge is -2.38. The van der Waals surface area contributed by atoms with E-state index in [1.54, 1.807) is 0 Å². The Bertz CT molecular complexity index is 281. The van der Waals surface area contributed by atoms with E-state index >= 15 is 0 Å². The first-order valence-electron chi connectivity index (χ1n) is 6.01. The number of hydrogen-bond donors (Lipinski definition) is 1. The van der Waals surface area contributed by atoms with Gasteiger partial charge < -0.3 is 5.11 Å². The largest absolute Gasteiger partial charge is 0.377 e. The summed E-state index contributed by atoms with van der Waals surface area (Å²) in [6.45, 7) is 11.0. The summed E-state index contributed by atoms with van der Waals surface area (Å²) in [6.07, 6.45) is 3.20. The van der Waals surface area contributed by atoms with E-state index in [0.29, 0.717) is 11.8 Å². The Kier molecular flexibility index (Phi) is 3.68. The smallest absolute Gasteiger partial charge is 0.129 e. The van der Waals surface area contributed by atoms with Gasteiger partial charge in [0.2, 0.25) is 0 Å². The van der Waals surface area contributed by atoms with Gasteiger partial charge in [-0.2, -0.15) is 0 Å². The summed E-state index contributed by atoms with van der Waals surface area (Å²) in [5.41, 5.74) is 2.61. The molecule has 1 aliphatic carbocycles. The van der Waals surface area contributed by atoms with Gasteiger partial charge in [-0.3, -0.25) is 0 Å². The molecule has 15 heavy (non-hydrogen) atoms. The second kappa shape index (κ2) is 4.31. The molecule has 1 saturated carbocycles. The maximum absolute atomic E-state index is 10.5. The lowest BCUT2D eigenvalue weighted by molar-refractivity contribution is -0.0129. The Morgan fingerprint density at radius 3 is 2.40 bits per heavy atom. The lowest BCUT2D eigenvalue weighted by atomic mass is 9.71. The van der Waals surface area contributed by atoms with Crippen molar-refractivity contribution in [1.82, 2.24) is 0 Å². The summed E-state index contributed by atoms with van der Waals surface area (Å²) in [6, 6.07) is 0. The normalized spacial score (nSPS) is 36.9. The van der Waals surface area contributed by atoms with Gasteiger partial charge in [0, 0.05) is 0 Å². The Balaban J connectivity index is 2.84. The summed E-state index contributed by atoms with van der Waals surface area (Å²) in [4.78, 5) is 0. The van der Waals surface area contributed by atoms with Crippen molar-refractivity contribution in [2.24, 2.45) is 11.8 Å². The van der Waals surface area contributed by atoms with Crippen molar-refractivity contribution >= 4 is 8.07 Å². The maximum Gasteiger partial charge on any atom is 0.129 e. The van der Waals surface area contributed by atoms with E-state index in [9.17, 15) is 5.11 Å². The zero-order valence-corrected chi connectivity index (χ0v) is 11.7. The van der Waals surface area contributed by atoms with Crippen LogP contribution in [0.15, 0.2) is 0 Å². The molecule has 0 bridgehead atoms. The third-order valence-corrected chi connectivity index (χ3v) is 4.35. The summed E-state index contributed by atoms with van der Waals surface area (Å²) < 4.78 is 0. The van der Waals surface area contributed by atoms with Crippen molar-refractivity contribution in [3.63, 3.8) is 0 Å². The molecule has 0 unspecified atom stereocenters. The van der Waals surface area contributed by atoms with Crippen LogP contribution in [0.3, 0.4) is 0 Å². The van der Waals surface area contributed by atoms with Crippen LogP contribution in [0.1, 0.15) is 33.1 Å². The van der Waals surface area contributed by atoms with Crippen LogP contribution in [-0.2, 0) is 0 Å². The molecule has 86 valence electrons. The molecule has 1 fully saturated rings. The van der Waals surface area contributed by atoms with Gasteiger partial charge in [-0.25, -0.2) is 0 Å². The molecule has 1 N–H and O–H groups in total. The molecule has 3 atom stereocenters. The Morgan fingerprint density at radius 1 is 1.27 bits per heavy atom. The molecule has 0 radical (unpaired) electrons. The van der Waals surface area contributed by atoms with E-state index in [1.165, 1.54) is 6.42 Å². The van der Waals surface area contributed by atoms with Crippen LogP contribution in [0.5, 0.6) is 0 Å². The molecule has 0 aromatic carbocycles. The predicted molar refractivity (Wildman–Crippen MR) is 68.3 cm³/mol. The highest BCUT2D eigenvalue weighted by Crippen LogP contribution is 2.37. The van der Waals surface area contributed by atoms with Gasteiger partial charge in [-0.05, 0) is 24.7 Å². The molecule has 0 spiro atoms. The Hall–Kier alpha value is -0.263. The number of hydrogen-bond acceptors (Lipinski definition) is 1. The number of aliphatic hydroxyl groups is 1. The van der Waals surface area contributed by atoms with Crippen molar-refractivity contribution in [3.8, 4) is 11.5 Å². The minimum Gasteiger partial charge on any atom is -0.377 e. The lowest BCUT2D eigenvalue weighted by Crippen LogP contribution is -2.42. The molecule has 1 nitrogen and oxygen atoms in total. The predicted octanol–water partition coefficient (Wildman–Crippen LogP) is 3.05. The average Bonchev–Trinajstić information content (AvgIpc) is 2.10. The highest BCUT2D eigenvalue weighted by atomic mass is 28.3. The standard InChI is InChI=1S/C13H24OSi/c1-11-7-6-8-13(14,12(11)2)9-10-15(3,4)5/h11-12,14H,6-8H2,1-5H3/t11-,12-,13+/m0/s1. The molecule has 2 heteroatoms. The fourth-order valence-electron chi connectivity index (χ4n) is 2.11. The second-order valence-electron chi connectivity index (χ2n) is 6.08. The SMILES string of the molecule is C[C@H]1CCC[C@@](O)(C#C[Si](C)(C)C)[C@H]1C. The topological polar surface area (TPSA) is 20.2 Å². The highest BCUT2D eigenvalue weighted by molar-refractivity contribution is 6.83. The first kappa shape index (κ1) is 12.8. The van der Waals surface area contributed by atoms with Crippen LogP contribution in [0.2, 0.25) is 19.6 Å². The van der Waals surface area contributed by atoms with Gasteiger partial charge in [-0.1, -0.05) is 45.8 Å². The van der Waals surface area contributed by atoms with Crippen LogP contribution in [0.4, 0.5) is 0 Å². The van der Waals surface area contributed by atoms with E-state index in [2.05, 4.69) is 45.0 Å². The van der Waals surface area contributed by atoms with Gasteiger partial charge in [0.1, 0.15) is 13.7 Å². The van der Waals surface area contributed by atoms with Crippen LogP contribution >= 0.6 is 0 Å². The van der Waals surface area contributed by atoms with Crippen LogP contribution in [0.25, 0.3) is 0 Å². The molecule has 1 rings (SSSR count). The minimum absolute atomic E-state index is 0.315. The molecule has 0 saturated heterocycles. The van der Waals surface area contributed by atoms with Crippen LogP contribution < -0.4 is 0 Å². The molecule has 0 aromatic heterocycles. The zero-order valence-electron chi connectivity index (χ0n) is 10.7. The Morgan fingerprint density at radius 2 is 1.87 bits per heavy atom. The second-order valence-corrected chi connectivity index (χ2v) is 10.8. The average molecular weight is 224 g/mol. The summed E-state index contributed by atoms with van der Waals surface area (Å²) in [7, 11) is -1.36. The van der Waals surface area contributed by atoms with Gasteiger partial charge in [0.05, 0.1) is 0 Å². The maximum atomic E-state index is 10.5. The van der Waals surface area contributed by atoms with E-state index < -0.39 is 13.7 Å². The quantitative estimate of drug-likeness (QED) is 0.495. The molecular weight excluding hydrogens is 200 g/mol. The molecule has 1 aliphatic rings. The zero-order chi connectivity index (χ0) is 11.7. The number of rotatable bonds is 0. The monoisotopic (exact) mass is 224 g/mol. The first-order valence-corrected chi connectivity index (χ1v) is 9.51. The van der Waals surface area contributed by atoms with E-state index in [1.807, 2.05) is 0 Å². The summed E-state index contributed by atoms with van der Waals surface area (Å²) >= 11 is 0. The van der Waals surface area contributed by atoms with Crippen molar-refractivity contribution in [3.05, 3.63) is 0 Å². The van der Waals surface area contributed by atoms with Gasteiger partial charge >= 0.3 is 0 Å². The Labute approximate surface area is 95.3 Å². The van der Waals surface area contributed by atoms with E-state index in [0.717, 1.165) is 12.8 Å². The molecule has 0 aliphatic heterocycles. The van der Waals surface area contributed by atoms with E-state index in [4.69, 9.17) is 0 Å². The molecule has 0 heterocycles. The first-order chi connectivity index (χ1) is 6.75. The highest BCUT2D eigenvalue weighted by Gasteiger charge is 2.38. The third-order valence-electron chi connectivity index (χ3n) is 3.48. The summed E-state index contributed by atoms with van der Waals surface area (Å²) in [5, 5.41) is 10.5. The van der Waals surface area contributed by atoms with Crippen molar-refractivity contribution in [1.29, 1.82) is 0 Å². The molecule has 0 aromatic rings. The fourth-order valence-corrected chi connectivity index (χ4v) is 2.71. The van der Waals surface area contributed by atoms with Gasteiger partial charge in [0.15, 0.2) is 0 Å². The fraction of sp³-hybridized carbons (Fsp3) is 0.846. The van der Waals surface area contributed by atoms with Gasteiger partial charge in [0.25, 0.3) is 0 Å². The minimum atomic E-state index is -1.36. The van der Waals surface area contributed by atoms with Crippen LogP contribution in [-0.4, -0.2) is 18.8 Å². The van der Waals surface area contributed by atoms with E-state index in [-0.39, 0.29) is 0 Å². The van der Waals surface area contributed by atoms with Crippen molar-refractivity contribution in [2.75, 3.05) is 0 Å². The van der Waals surface area contributed by atoms with Gasteiger partial charge in [-0.15, -0.1) is 5.54 Å². The summed E-state index contributed by atoms with van der Waals surface area (Å²) in [5.74, 6) is 4.10. The van der Waals surface area contributed by atoms with Crippen LogP contribution in [0, 0.1) is 23.3 Å². The third kappa shape index (κ3) is 3.36.